The minimum Gasteiger partial charge on any atom is -0.462 e. The minimum atomic E-state index is -0.768. The Morgan fingerprint density at radius 2 is 0.580 bits per heavy atom. The van der Waals surface area contributed by atoms with E-state index in [9.17, 15) is 14.7 Å². The standard InChI is InChI=1S/C64H122O5/c1-3-5-7-9-11-13-15-17-19-21-23-25-27-29-31-32-33-35-37-39-41-43-45-47-49-51-53-55-57-59-64(67)69-62(60-65)61-68-63(66)58-56-54-52-50-48-46-44-42-40-38-36-34-30-28-26-24-22-20-18-16-14-12-10-8-6-4-2/h15,17,21,23,62,65H,3-14,16,18-20,22,24-61H2,1-2H3/b17-15-,23-21-. The molecule has 0 aliphatic heterocycles. The number of ether oxygens (including phenoxy) is 2. The second kappa shape index (κ2) is 60.7. The van der Waals surface area contributed by atoms with Gasteiger partial charge >= 0.3 is 11.9 Å². The van der Waals surface area contributed by atoms with Crippen LogP contribution in [0.4, 0.5) is 0 Å². The Kier molecular flexibility index (Phi) is 59.3. The van der Waals surface area contributed by atoms with Crippen molar-refractivity contribution in [2.45, 2.75) is 360 Å². The van der Waals surface area contributed by atoms with Gasteiger partial charge in [-0.25, -0.2) is 0 Å². The highest BCUT2D eigenvalue weighted by molar-refractivity contribution is 5.70. The van der Waals surface area contributed by atoms with E-state index in [-0.39, 0.29) is 25.2 Å². The summed E-state index contributed by atoms with van der Waals surface area (Å²) in [6, 6.07) is 0. The maximum atomic E-state index is 12.3. The predicted molar refractivity (Wildman–Crippen MR) is 302 cm³/mol. The molecule has 0 aromatic rings. The van der Waals surface area contributed by atoms with E-state index in [1.807, 2.05) is 0 Å². The molecule has 0 amide bonds. The van der Waals surface area contributed by atoms with Crippen LogP contribution in [0, 0.1) is 0 Å². The minimum absolute atomic E-state index is 0.0584. The van der Waals surface area contributed by atoms with Crippen LogP contribution >= 0.6 is 0 Å². The molecule has 0 heterocycles. The molecule has 0 radical (unpaired) electrons. The van der Waals surface area contributed by atoms with Gasteiger partial charge in [0.1, 0.15) is 6.61 Å². The summed E-state index contributed by atoms with van der Waals surface area (Å²) in [5.74, 6) is -0.566. The molecule has 69 heavy (non-hydrogen) atoms. The molecule has 5 heteroatoms. The largest absolute Gasteiger partial charge is 0.462 e. The van der Waals surface area contributed by atoms with Gasteiger partial charge in [-0.15, -0.1) is 0 Å². The molecule has 0 aromatic carbocycles. The van der Waals surface area contributed by atoms with Crippen LogP contribution in [-0.2, 0) is 19.1 Å². The zero-order chi connectivity index (χ0) is 49.9. The van der Waals surface area contributed by atoms with E-state index < -0.39 is 6.10 Å². The van der Waals surface area contributed by atoms with Crippen molar-refractivity contribution in [3.05, 3.63) is 24.3 Å². The molecule has 0 rings (SSSR count). The van der Waals surface area contributed by atoms with E-state index in [4.69, 9.17) is 9.47 Å². The van der Waals surface area contributed by atoms with E-state index >= 15 is 0 Å². The molecule has 0 saturated heterocycles. The normalized spacial score (nSPS) is 12.2. The molecule has 1 unspecified atom stereocenters. The van der Waals surface area contributed by atoms with Crippen LogP contribution in [0.3, 0.4) is 0 Å². The Labute approximate surface area is 432 Å². The first-order valence-corrected chi connectivity index (χ1v) is 31.4. The molecule has 0 bridgehead atoms. The monoisotopic (exact) mass is 971 g/mol. The summed E-state index contributed by atoms with van der Waals surface area (Å²) in [4.78, 5) is 24.6. The molecule has 0 aliphatic carbocycles. The van der Waals surface area contributed by atoms with E-state index in [0.29, 0.717) is 12.8 Å². The number of rotatable bonds is 59. The van der Waals surface area contributed by atoms with Crippen LogP contribution in [0.2, 0.25) is 0 Å². The number of unbranched alkanes of at least 4 members (excludes halogenated alkanes) is 47. The van der Waals surface area contributed by atoms with Gasteiger partial charge in [-0.2, -0.15) is 0 Å². The number of allylic oxidation sites excluding steroid dienone is 4. The fourth-order valence-corrected chi connectivity index (χ4v) is 9.77. The Balaban J connectivity index is 3.40. The number of esters is 2. The van der Waals surface area contributed by atoms with Crippen molar-refractivity contribution in [3.8, 4) is 0 Å². The van der Waals surface area contributed by atoms with E-state index in [2.05, 4.69) is 38.2 Å². The highest BCUT2D eigenvalue weighted by atomic mass is 16.6. The van der Waals surface area contributed by atoms with E-state index in [0.717, 1.165) is 38.5 Å². The maximum Gasteiger partial charge on any atom is 0.306 e. The summed E-state index contributed by atoms with van der Waals surface area (Å²) in [7, 11) is 0. The van der Waals surface area contributed by atoms with Crippen LogP contribution in [0.15, 0.2) is 24.3 Å². The summed E-state index contributed by atoms with van der Waals surface area (Å²) >= 11 is 0. The summed E-state index contributed by atoms with van der Waals surface area (Å²) in [5.41, 5.74) is 0. The van der Waals surface area contributed by atoms with Gasteiger partial charge in [-0.1, -0.05) is 321 Å². The first kappa shape index (κ1) is 67.4. The third-order valence-electron chi connectivity index (χ3n) is 14.5. The van der Waals surface area contributed by atoms with Crippen molar-refractivity contribution in [2.75, 3.05) is 13.2 Å². The molecule has 1 atom stereocenters. The second-order valence-corrected chi connectivity index (χ2v) is 21.5. The molecule has 0 fully saturated rings. The average Bonchev–Trinajstić information content (AvgIpc) is 3.35. The van der Waals surface area contributed by atoms with E-state index in [1.165, 1.54) is 289 Å². The number of carbonyl (C=O) groups excluding carboxylic acids is 2. The quantitative estimate of drug-likeness (QED) is 0.0373. The Hall–Kier alpha value is -1.62. The zero-order valence-electron chi connectivity index (χ0n) is 46.9. The highest BCUT2D eigenvalue weighted by Crippen LogP contribution is 2.18. The number of hydrogen-bond acceptors (Lipinski definition) is 5. The van der Waals surface area contributed by atoms with Crippen molar-refractivity contribution in [3.63, 3.8) is 0 Å². The first-order chi connectivity index (χ1) is 34.1. The molecule has 5 nitrogen and oxygen atoms in total. The van der Waals surface area contributed by atoms with Gasteiger partial charge in [0, 0.05) is 12.8 Å². The Bertz CT molecular complexity index is 1050. The van der Waals surface area contributed by atoms with Crippen LogP contribution in [0.1, 0.15) is 354 Å². The van der Waals surface area contributed by atoms with Crippen molar-refractivity contribution < 1.29 is 24.2 Å². The molecular formula is C64H122O5. The maximum absolute atomic E-state index is 12.3. The lowest BCUT2D eigenvalue weighted by Crippen LogP contribution is -2.28. The fourth-order valence-electron chi connectivity index (χ4n) is 9.77. The first-order valence-electron chi connectivity index (χ1n) is 31.4. The lowest BCUT2D eigenvalue weighted by molar-refractivity contribution is -0.161. The fraction of sp³-hybridized carbons (Fsp3) is 0.906. The lowest BCUT2D eigenvalue weighted by Gasteiger charge is -2.15. The molecular weight excluding hydrogens is 849 g/mol. The summed E-state index contributed by atoms with van der Waals surface area (Å²) < 4.78 is 10.7. The Morgan fingerprint density at radius 1 is 0.333 bits per heavy atom. The van der Waals surface area contributed by atoms with Crippen LogP contribution < -0.4 is 0 Å². The molecule has 1 N–H and O–H groups in total. The molecule has 0 aliphatic rings. The van der Waals surface area contributed by atoms with Gasteiger partial charge in [-0.3, -0.25) is 9.59 Å². The van der Waals surface area contributed by atoms with Gasteiger partial charge in [-0.05, 0) is 44.9 Å². The smallest absolute Gasteiger partial charge is 0.306 e. The van der Waals surface area contributed by atoms with Crippen LogP contribution in [0.5, 0.6) is 0 Å². The molecule has 0 spiro atoms. The number of carbonyl (C=O) groups is 2. The highest BCUT2D eigenvalue weighted by Gasteiger charge is 2.16. The summed E-state index contributed by atoms with van der Waals surface area (Å²) in [6.07, 6.45) is 77.5. The molecule has 408 valence electrons. The van der Waals surface area contributed by atoms with Gasteiger partial charge in [0.05, 0.1) is 6.61 Å². The third-order valence-corrected chi connectivity index (χ3v) is 14.5. The number of aliphatic hydroxyl groups is 1. The topological polar surface area (TPSA) is 72.8 Å². The van der Waals surface area contributed by atoms with Crippen molar-refractivity contribution >= 4 is 11.9 Å². The van der Waals surface area contributed by atoms with Crippen LogP contribution in [0.25, 0.3) is 0 Å². The SMILES string of the molecule is CCCCCCC/C=C\C/C=C\CCCCCCCCCCCCCCCCCCCC(=O)OC(CO)COC(=O)CCCCCCCCCCCCCCCCCCCCCCCCCCCC. The van der Waals surface area contributed by atoms with Crippen molar-refractivity contribution in [1.82, 2.24) is 0 Å². The van der Waals surface area contributed by atoms with Crippen LogP contribution in [-0.4, -0.2) is 36.4 Å². The average molecular weight is 972 g/mol. The zero-order valence-corrected chi connectivity index (χ0v) is 46.9. The predicted octanol–water partition coefficient (Wildman–Crippen LogP) is 21.3. The second-order valence-electron chi connectivity index (χ2n) is 21.5. The Morgan fingerprint density at radius 3 is 0.855 bits per heavy atom. The third kappa shape index (κ3) is 58.8. The molecule has 0 aromatic heterocycles. The van der Waals surface area contributed by atoms with E-state index in [1.54, 1.807) is 0 Å². The van der Waals surface area contributed by atoms with Gasteiger partial charge in [0.25, 0.3) is 0 Å². The van der Waals surface area contributed by atoms with Gasteiger partial charge < -0.3 is 14.6 Å². The lowest BCUT2D eigenvalue weighted by atomic mass is 10.0. The van der Waals surface area contributed by atoms with Crippen molar-refractivity contribution in [2.24, 2.45) is 0 Å². The number of aliphatic hydroxyl groups excluding tert-OH is 1. The van der Waals surface area contributed by atoms with Gasteiger partial charge in [0.15, 0.2) is 6.10 Å². The number of hydrogen-bond donors (Lipinski definition) is 1. The summed E-state index contributed by atoms with van der Waals surface area (Å²) in [5, 5.41) is 9.68. The molecule has 0 saturated carbocycles. The van der Waals surface area contributed by atoms with Gasteiger partial charge in [0.2, 0.25) is 0 Å². The van der Waals surface area contributed by atoms with Crippen molar-refractivity contribution in [1.29, 1.82) is 0 Å². The summed E-state index contributed by atoms with van der Waals surface area (Å²) in [6.45, 7) is 4.19.